The van der Waals surface area contributed by atoms with Crippen molar-refractivity contribution in [2.45, 2.75) is 19.6 Å². The minimum Gasteiger partial charge on any atom is -0.380 e. The summed E-state index contributed by atoms with van der Waals surface area (Å²) in [6.07, 6.45) is -4.53. The van der Waals surface area contributed by atoms with E-state index in [1.54, 1.807) is 17.4 Å². The molecule has 6 heteroatoms. The van der Waals surface area contributed by atoms with E-state index in [0.717, 1.165) is 15.8 Å². The molecule has 0 fully saturated rings. The van der Waals surface area contributed by atoms with Crippen molar-refractivity contribution in [3.8, 4) is 6.07 Å². The first-order chi connectivity index (χ1) is 9.40. The smallest absolute Gasteiger partial charge is 0.380 e. The van der Waals surface area contributed by atoms with Crippen molar-refractivity contribution in [3.63, 3.8) is 0 Å². The second kappa shape index (κ2) is 5.55. The molecule has 0 saturated carbocycles. The molecule has 0 unspecified atom stereocenters. The van der Waals surface area contributed by atoms with Gasteiger partial charge in [-0.3, -0.25) is 0 Å². The fraction of sp³-hybridized carbons (Fsp3) is 0.214. The van der Waals surface area contributed by atoms with Crippen LogP contribution in [-0.2, 0) is 12.7 Å². The predicted octanol–water partition coefficient (Wildman–Crippen LogP) is 4.56. The lowest BCUT2D eigenvalue weighted by atomic mass is 10.1. The summed E-state index contributed by atoms with van der Waals surface area (Å²) < 4.78 is 38.4. The third-order valence-corrected chi connectivity index (χ3v) is 3.71. The number of alkyl halides is 3. The molecule has 2 rings (SSSR count). The summed E-state index contributed by atoms with van der Waals surface area (Å²) in [5.74, 6) is 0. The van der Waals surface area contributed by atoms with Crippen LogP contribution in [0.1, 0.15) is 20.9 Å². The SMILES string of the molecule is Cc1ccc(CNc2ccc(C#N)c(C(F)(F)F)c2)s1. The van der Waals surface area contributed by atoms with E-state index in [1.165, 1.54) is 12.1 Å². The fourth-order valence-electron chi connectivity index (χ4n) is 1.76. The third-order valence-electron chi connectivity index (χ3n) is 2.71. The highest BCUT2D eigenvalue weighted by Gasteiger charge is 2.33. The van der Waals surface area contributed by atoms with Crippen LogP contribution < -0.4 is 5.32 Å². The maximum Gasteiger partial charge on any atom is 0.417 e. The molecule has 0 atom stereocenters. The Morgan fingerprint density at radius 2 is 2.00 bits per heavy atom. The standard InChI is InChI=1S/C14H11F3N2S/c1-9-2-5-12(20-9)8-19-11-4-3-10(7-18)13(6-11)14(15,16)17/h2-6,19H,8H2,1H3. The first-order valence-corrected chi connectivity index (χ1v) is 6.62. The number of anilines is 1. The van der Waals surface area contributed by atoms with E-state index >= 15 is 0 Å². The van der Waals surface area contributed by atoms with Crippen LogP contribution in [-0.4, -0.2) is 0 Å². The molecule has 0 bridgehead atoms. The lowest BCUT2D eigenvalue weighted by molar-refractivity contribution is -0.137. The van der Waals surface area contributed by atoms with Crippen molar-refractivity contribution < 1.29 is 13.2 Å². The topological polar surface area (TPSA) is 35.8 Å². The van der Waals surface area contributed by atoms with Crippen molar-refractivity contribution in [2.24, 2.45) is 0 Å². The van der Waals surface area contributed by atoms with Crippen LogP contribution in [0.3, 0.4) is 0 Å². The molecule has 0 radical (unpaired) electrons. The average molecular weight is 296 g/mol. The summed E-state index contributed by atoms with van der Waals surface area (Å²) in [5, 5.41) is 11.7. The van der Waals surface area contributed by atoms with Crippen LogP contribution in [0.25, 0.3) is 0 Å². The number of hydrogen-bond acceptors (Lipinski definition) is 3. The molecule has 0 aliphatic carbocycles. The lowest BCUT2D eigenvalue weighted by Crippen LogP contribution is -2.09. The van der Waals surface area contributed by atoms with Crippen LogP contribution in [0.2, 0.25) is 0 Å². The summed E-state index contributed by atoms with van der Waals surface area (Å²) in [6, 6.07) is 9.09. The fourth-order valence-corrected chi connectivity index (χ4v) is 2.59. The second-order valence-electron chi connectivity index (χ2n) is 4.24. The number of halogens is 3. The minimum atomic E-state index is -4.53. The molecule has 104 valence electrons. The zero-order chi connectivity index (χ0) is 14.8. The molecule has 0 amide bonds. The largest absolute Gasteiger partial charge is 0.417 e. The van der Waals surface area contributed by atoms with Gasteiger partial charge in [0, 0.05) is 22.0 Å². The Balaban J connectivity index is 2.19. The molecule has 1 N–H and O–H groups in total. The van der Waals surface area contributed by atoms with Gasteiger partial charge in [0.2, 0.25) is 0 Å². The Kier molecular flexibility index (Phi) is 4.00. The van der Waals surface area contributed by atoms with E-state index in [2.05, 4.69) is 5.32 Å². The Morgan fingerprint density at radius 1 is 1.25 bits per heavy atom. The Labute approximate surface area is 118 Å². The molecule has 0 aliphatic heterocycles. The molecule has 1 aromatic carbocycles. The van der Waals surface area contributed by atoms with Crippen LogP contribution >= 0.6 is 11.3 Å². The summed E-state index contributed by atoms with van der Waals surface area (Å²) in [7, 11) is 0. The summed E-state index contributed by atoms with van der Waals surface area (Å²) in [5.41, 5.74) is -0.926. The van der Waals surface area contributed by atoms with Gasteiger partial charge in [0.1, 0.15) is 0 Å². The Bertz CT molecular complexity index is 653. The van der Waals surface area contributed by atoms with Gasteiger partial charge in [0.25, 0.3) is 0 Å². The molecular weight excluding hydrogens is 285 g/mol. The highest BCUT2D eigenvalue weighted by atomic mass is 32.1. The highest BCUT2D eigenvalue weighted by Crippen LogP contribution is 2.33. The first-order valence-electron chi connectivity index (χ1n) is 5.80. The van der Waals surface area contributed by atoms with E-state index in [0.29, 0.717) is 12.2 Å². The van der Waals surface area contributed by atoms with Crippen molar-refractivity contribution in [1.29, 1.82) is 5.26 Å². The van der Waals surface area contributed by atoms with Gasteiger partial charge in [-0.15, -0.1) is 11.3 Å². The molecule has 0 saturated heterocycles. The normalized spacial score (nSPS) is 11.2. The first kappa shape index (κ1) is 14.4. The number of nitrogens with zero attached hydrogens (tertiary/aromatic N) is 1. The molecule has 1 heterocycles. The van der Waals surface area contributed by atoms with Crippen molar-refractivity contribution in [2.75, 3.05) is 5.32 Å². The minimum absolute atomic E-state index is 0.349. The summed E-state index contributed by atoms with van der Waals surface area (Å²) in [4.78, 5) is 2.19. The second-order valence-corrected chi connectivity index (χ2v) is 5.61. The van der Waals surface area contributed by atoms with Gasteiger partial charge in [0.15, 0.2) is 0 Å². The van der Waals surface area contributed by atoms with Gasteiger partial charge in [-0.25, -0.2) is 0 Å². The van der Waals surface area contributed by atoms with E-state index in [1.807, 2.05) is 19.1 Å². The van der Waals surface area contributed by atoms with Crippen LogP contribution in [0.4, 0.5) is 18.9 Å². The van der Waals surface area contributed by atoms with Crippen LogP contribution in [0.5, 0.6) is 0 Å². The van der Waals surface area contributed by atoms with Crippen LogP contribution in [0.15, 0.2) is 30.3 Å². The zero-order valence-electron chi connectivity index (χ0n) is 10.6. The average Bonchev–Trinajstić information content (AvgIpc) is 2.81. The number of rotatable bonds is 3. The van der Waals surface area contributed by atoms with E-state index in [-0.39, 0.29) is 5.56 Å². The molecular formula is C14H11F3N2S. The predicted molar refractivity (Wildman–Crippen MR) is 72.5 cm³/mol. The number of nitrogens with one attached hydrogen (secondary N) is 1. The van der Waals surface area contributed by atoms with Gasteiger partial charge in [-0.05, 0) is 37.3 Å². The maximum atomic E-state index is 12.8. The number of nitriles is 1. The number of hydrogen-bond donors (Lipinski definition) is 1. The lowest BCUT2D eigenvalue weighted by Gasteiger charge is -2.11. The van der Waals surface area contributed by atoms with Gasteiger partial charge in [0.05, 0.1) is 17.2 Å². The van der Waals surface area contributed by atoms with Gasteiger partial charge < -0.3 is 5.32 Å². The van der Waals surface area contributed by atoms with Gasteiger partial charge in [-0.1, -0.05) is 0 Å². The molecule has 20 heavy (non-hydrogen) atoms. The Morgan fingerprint density at radius 3 is 2.55 bits per heavy atom. The maximum absolute atomic E-state index is 12.8. The van der Waals surface area contributed by atoms with Crippen molar-refractivity contribution >= 4 is 17.0 Å². The monoisotopic (exact) mass is 296 g/mol. The number of thiophene rings is 1. The van der Waals surface area contributed by atoms with Gasteiger partial charge >= 0.3 is 6.18 Å². The van der Waals surface area contributed by atoms with E-state index in [9.17, 15) is 13.2 Å². The van der Waals surface area contributed by atoms with E-state index < -0.39 is 11.7 Å². The van der Waals surface area contributed by atoms with Crippen molar-refractivity contribution in [1.82, 2.24) is 0 Å². The van der Waals surface area contributed by atoms with Crippen LogP contribution in [0, 0.1) is 18.3 Å². The molecule has 2 aromatic rings. The number of aryl methyl sites for hydroxylation is 1. The molecule has 0 spiro atoms. The number of benzene rings is 1. The summed E-state index contributed by atoms with van der Waals surface area (Å²) in [6.45, 7) is 2.43. The zero-order valence-corrected chi connectivity index (χ0v) is 11.4. The van der Waals surface area contributed by atoms with E-state index in [4.69, 9.17) is 5.26 Å². The highest BCUT2D eigenvalue weighted by molar-refractivity contribution is 7.11. The van der Waals surface area contributed by atoms with Gasteiger partial charge in [-0.2, -0.15) is 18.4 Å². The summed E-state index contributed by atoms with van der Waals surface area (Å²) >= 11 is 1.59. The molecule has 1 aromatic heterocycles. The van der Waals surface area contributed by atoms with Crippen molar-refractivity contribution in [3.05, 3.63) is 51.2 Å². The quantitative estimate of drug-likeness (QED) is 0.901. The Hall–Kier alpha value is -2.00. The molecule has 0 aliphatic rings. The molecule has 2 nitrogen and oxygen atoms in total. The third kappa shape index (κ3) is 3.31.